The highest BCUT2D eigenvalue weighted by atomic mass is 16.2. The van der Waals surface area contributed by atoms with Crippen LogP contribution in [0.2, 0.25) is 0 Å². The molecule has 5 rings (SSSR count). The third-order valence-corrected chi connectivity index (χ3v) is 5.94. The zero-order valence-corrected chi connectivity index (χ0v) is 17.9. The maximum atomic E-state index is 12.4. The molecule has 0 aliphatic carbocycles. The summed E-state index contributed by atoms with van der Waals surface area (Å²) in [6.07, 6.45) is 7.41. The molecule has 0 spiro atoms. The maximum Gasteiger partial charge on any atom is 0.239 e. The van der Waals surface area contributed by atoms with E-state index in [-0.39, 0.29) is 11.9 Å². The van der Waals surface area contributed by atoms with Crippen molar-refractivity contribution in [2.24, 2.45) is 7.05 Å². The van der Waals surface area contributed by atoms with E-state index in [2.05, 4.69) is 51.7 Å². The Hall–Kier alpha value is -3.52. The molecule has 4 aromatic rings. The molecule has 1 amide bonds. The van der Waals surface area contributed by atoms with Gasteiger partial charge in [-0.3, -0.25) is 9.48 Å². The Morgan fingerprint density at radius 3 is 2.77 bits per heavy atom. The van der Waals surface area contributed by atoms with Crippen LogP contribution in [0.4, 0.5) is 0 Å². The lowest BCUT2D eigenvalue weighted by molar-refractivity contribution is -0.135. The quantitative estimate of drug-likeness (QED) is 0.554. The number of fused-ring (bicyclic) bond motifs is 1. The number of carbonyl (C=O) groups excluding carboxylic acids is 1. The first-order valence-corrected chi connectivity index (χ1v) is 10.4. The smallest absolute Gasteiger partial charge is 0.239 e. The van der Waals surface area contributed by atoms with E-state index in [0.717, 1.165) is 52.1 Å². The normalized spacial score (nSPS) is 16.9. The molecule has 4 heterocycles. The highest BCUT2D eigenvalue weighted by Crippen LogP contribution is 2.29. The second-order valence-electron chi connectivity index (χ2n) is 8.15. The molecule has 3 aromatic heterocycles. The van der Waals surface area contributed by atoms with Crippen molar-refractivity contribution in [3.8, 4) is 22.4 Å². The molecule has 1 fully saturated rings. The van der Waals surface area contributed by atoms with E-state index in [4.69, 9.17) is 0 Å². The van der Waals surface area contributed by atoms with Crippen LogP contribution >= 0.6 is 0 Å². The molecular weight excluding hydrogens is 390 g/mol. The Morgan fingerprint density at radius 2 is 2.00 bits per heavy atom. The SMILES string of the molecule is Cc1cc(-c2ncnn3cc(-c4cnn(C)c4)cc23)ccc1CN1CCNC(C)C1=O. The summed E-state index contributed by atoms with van der Waals surface area (Å²) in [5.74, 6) is 0.156. The predicted octanol–water partition coefficient (Wildman–Crippen LogP) is 2.43. The molecule has 158 valence electrons. The summed E-state index contributed by atoms with van der Waals surface area (Å²) in [6, 6.07) is 8.30. The monoisotopic (exact) mass is 415 g/mol. The number of nitrogens with zero attached hydrogens (tertiary/aromatic N) is 6. The second-order valence-corrected chi connectivity index (χ2v) is 8.15. The number of hydrogen-bond donors (Lipinski definition) is 1. The summed E-state index contributed by atoms with van der Waals surface area (Å²) in [5.41, 5.74) is 7.25. The zero-order valence-electron chi connectivity index (χ0n) is 17.9. The average molecular weight is 416 g/mol. The summed E-state index contributed by atoms with van der Waals surface area (Å²) in [6.45, 7) is 6.20. The van der Waals surface area contributed by atoms with Gasteiger partial charge in [0, 0.05) is 55.8 Å². The van der Waals surface area contributed by atoms with Crippen molar-refractivity contribution >= 4 is 11.4 Å². The minimum atomic E-state index is -0.119. The first-order valence-electron chi connectivity index (χ1n) is 10.4. The van der Waals surface area contributed by atoms with Crippen LogP contribution in [0, 0.1) is 6.92 Å². The van der Waals surface area contributed by atoms with Gasteiger partial charge in [-0.05, 0) is 37.1 Å². The third kappa shape index (κ3) is 3.59. The molecule has 31 heavy (non-hydrogen) atoms. The van der Waals surface area contributed by atoms with Gasteiger partial charge in [0.05, 0.1) is 23.4 Å². The van der Waals surface area contributed by atoms with Gasteiger partial charge < -0.3 is 10.2 Å². The molecule has 1 aliphatic rings. The Labute approximate surface area is 180 Å². The van der Waals surface area contributed by atoms with Crippen molar-refractivity contribution in [1.82, 2.24) is 34.6 Å². The number of nitrogens with one attached hydrogen (secondary N) is 1. The highest BCUT2D eigenvalue weighted by Gasteiger charge is 2.25. The van der Waals surface area contributed by atoms with E-state index < -0.39 is 0 Å². The fourth-order valence-corrected chi connectivity index (χ4v) is 4.15. The van der Waals surface area contributed by atoms with Gasteiger partial charge in [0.15, 0.2) is 0 Å². The van der Waals surface area contributed by atoms with Crippen LogP contribution in [0.3, 0.4) is 0 Å². The van der Waals surface area contributed by atoms with Crippen LogP contribution in [-0.4, -0.2) is 54.3 Å². The summed E-state index contributed by atoms with van der Waals surface area (Å²) in [5, 5.41) is 11.9. The second kappa shape index (κ2) is 7.63. The molecule has 8 heteroatoms. The topological polar surface area (TPSA) is 80.3 Å². The predicted molar refractivity (Wildman–Crippen MR) is 118 cm³/mol. The fraction of sp³-hybridized carbons (Fsp3) is 0.304. The molecule has 1 saturated heterocycles. The van der Waals surface area contributed by atoms with E-state index in [0.29, 0.717) is 6.54 Å². The van der Waals surface area contributed by atoms with Crippen molar-refractivity contribution < 1.29 is 4.79 Å². The number of hydrogen-bond acceptors (Lipinski definition) is 5. The maximum absolute atomic E-state index is 12.4. The molecule has 1 atom stereocenters. The van der Waals surface area contributed by atoms with Crippen LogP contribution < -0.4 is 5.32 Å². The molecule has 1 unspecified atom stereocenters. The summed E-state index contributed by atoms with van der Waals surface area (Å²) in [4.78, 5) is 18.9. The van der Waals surface area contributed by atoms with E-state index in [1.807, 2.05) is 42.0 Å². The Bertz CT molecular complexity index is 1270. The van der Waals surface area contributed by atoms with Crippen molar-refractivity contribution in [2.75, 3.05) is 13.1 Å². The summed E-state index contributed by atoms with van der Waals surface area (Å²) in [7, 11) is 1.91. The Balaban J connectivity index is 1.47. The average Bonchev–Trinajstić information content (AvgIpc) is 3.38. The molecular formula is C23H25N7O. The van der Waals surface area contributed by atoms with Gasteiger partial charge in [0.1, 0.15) is 6.33 Å². The molecule has 1 aromatic carbocycles. The van der Waals surface area contributed by atoms with Crippen LogP contribution in [0.5, 0.6) is 0 Å². The summed E-state index contributed by atoms with van der Waals surface area (Å²) < 4.78 is 3.64. The minimum absolute atomic E-state index is 0.119. The molecule has 0 bridgehead atoms. The van der Waals surface area contributed by atoms with E-state index in [1.165, 1.54) is 0 Å². The van der Waals surface area contributed by atoms with Crippen molar-refractivity contribution in [1.29, 1.82) is 0 Å². The number of piperazine rings is 1. The van der Waals surface area contributed by atoms with Crippen LogP contribution in [0.15, 0.2) is 49.2 Å². The van der Waals surface area contributed by atoms with Crippen molar-refractivity contribution in [2.45, 2.75) is 26.4 Å². The standard InChI is InChI=1S/C23H25N7O/c1-15-8-17(4-5-18(15)12-29-7-6-24-16(2)23(29)31)22-21-9-19(13-30(21)27-14-25-22)20-10-26-28(3)11-20/h4-5,8-11,13-14,16,24H,6-7,12H2,1-3H3. The molecule has 1 N–H and O–H groups in total. The number of carbonyl (C=O) groups is 1. The van der Waals surface area contributed by atoms with Gasteiger partial charge in [-0.15, -0.1) is 0 Å². The molecule has 8 nitrogen and oxygen atoms in total. The number of amides is 1. The van der Waals surface area contributed by atoms with Gasteiger partial charge in [0.2, 0.25) is 5.91 Å². The van der Waals surface area contributed by atoms with Gasteiger partial charge in [-0.2, -0.15) is 10.2 Å². The van der Waals surface area contributed by atoms with Crippen LogP contribution in [0.1, 0.15) is 18.1 Å². The van der Waals surface area contributed by atoms with Crippen LogP contribution in [-0.2, 0) is 18.4 Å². The Kier molecular flexibility index (Phi) is 4.78. The lowest BCUT2D eigenvalue weighted by atomic mass is 10.0. The number of rotatable bonds is 4. The zero-order chi connectivity index (χ0) is 21.5. The van der Waals surface area contributed by atoms with Gasteiger partial charge in [0.25, 0.3) is 0 Å². The number of aromatic nitrogens is 5. The molecule has 0 saturated carbocycles. The number of benzene rings is 1. The fourth-order valence-electron chi connectivity index (χ4n) is 4.15. The van der Waals surface area contributed by atoms with Gasteiger partial charge >= 0.3 is 0 Å². The molecule has 0 radical (unpaired) electrons. The first-order chi connectivity index (χ1) is 15.0. The van der Waals surface area contributed by atoms with E-state index in [1.54, 1.807) is 11.0 Å². The largest absolute Gasteiger partial charge is 0.336 e. The molecule has 1 aliphatic heterocycles. The summed E-state index contributed by atoms with van der Waals surface area (Å²) >= 11 is 0. The minimum Gasteiger partial charge on any atom is -0.336 e. The van der Waals surface area contributed by atoms with E-state index in [9.17, 15) is 4.79 Å². The van der Waals surface area contributed by atoms with Crippen molar-refractivity contribution in [3.05, 3.63) is 60.3 Å². The van der Waals surface area contributed by atoms with Crippen molar-refractivity contribution in [3.63, 3.8) is 0 Å². The Morgan fingerprint density at radius 1 is 1.13 bits per heavy atom. The number of aryl methyl sites for hydroxylation is 2. The lowest BCUT2D eigenvalue weighted by Gasteiger charge is -2.32. The lowest BCUT2D eigenvalue weighted by Crippen LogP contribution is -2.53. The van der Waals surface area contributed by atoms with Gasteiger partial charge in [-0.25, -0.2) is 9.50 Å². The third-order valence-electron chi connectivity index (χ3n) is 5.94. The van der Waals surface area contributed by atoms with Crippen LogP contribution in [0.25, 0.3) is 27.9 Å². The highest BCUT2D eigenvalue weighted by molar-refractivity contribution is 5.83. The van der Waals surface area contributed by atoms with E-state index >= 15 is 0 Å². The van der Waals surface area contributed by atoms with Gasteiger partial charge in [-0.1, -0.05) is 12.1 Å². The first kappa shape index (κ1) is 19.4.